The summed E-state index contributed by atoms with van der Waals surface area (Å²) in [6, 6.07) is 0. The molecule has 0 unspecified atom stereocenters. The van der Waals surface area contributed by atoms with Crippen LogP contribution in [0.1, 0.15) is 112 Å². The van der Waals surface area contributed by atoms with Crippen molar-refractivity contribution in [2.24, 2.45) is 56.7 Å². The molecule has 0 heterocycles. The van der Waals surface area contributed by atoms with Crippen molar-refractivity contribution in [3.8, 4) is 0 Å². The van der Waals surface area contributed by atoms with E-state index in [1.54, 1.807) is 0 Å². The lowest BCUT2D eigenvalue weighted by atomic mass is 9.32. The number of aliphatic hydroxyl groups is 1. The molecule has 0 aromatic carbocycles. The van der Waals surface area contributed by atoms with Gasteiger partial charge >= 0.3 is 0 Å². The number of fused-ring (bicyclic) bond motifs is 7. The minimum absolute atomic E-state index is 0.0100. The SMILES string of the molecule is C=C(C)[C@@H]1CC[C@]2(CCOS(C)(=O)=O)CC[C@]3(C)[C@H](CC[C@@H]4[C@@]5(C)CC[C@H](O)C(C)(C)[C@@H]5CC[C@]43C)[C@@H]12. The topological polar surface area (TPSA) is 63.6 Å². The number of allylic oxidation sites excluding steroid dienone is 1. The maximum Gasteiger partial charge on any atom is 0.264 e. The van der Waals surface area contributed by atoms with Gasteiger partial charge in [-0.25, -0.2) is 0 Å². The molecular weight excluding hydrogens is 480 g/mol. The summed E-state index contributed by atoms with van der Waals surface area (Å²) in [4.78, 5) is 0. The number of hydrogen-bond donors (Lipinski definition) is 1. The zero-order valence-electron chi connectivity index (χ0n) is 24.7. The van der Waals surface area contributed by atoms with Gasteiger partial charge in [0.1, 0.15) is 0 Å². The third-order valence-corrected chi connectivity index (χ3v) is 14.7. The van der Waals surface area contributed by atoms with Gasteiger partial charge in [-0.3, -0.25) is 4.18 Å². The Balaban J connectivity index is 1.49. The molecule has 10 atom stereocenters. The molecule has 5 fully saturated rings. The number of aliphatic hydroxyl groups excluding tert-OH is 1. The van der Waals surface area contributed by atoms with Crippen molar-refractivity contribution in [3.05, 3.63) is 12.2 Å². The van der Waals surface area contributed by atoms with Crippen LogP contribution < -0.4 is 0 Å². The van der Waals surface area contributed by atoms with E-state index in [0.29, 0.717) is 47.0 Å². The summed E-state index contributed by atoms with van der Waals surface area (Å²) in [5.41, 5.74) is 2.38. The molecule has 212 valence electrons. The molecule has 5 aliphatic rings. The highest BCUT2D eigenvalue weighted by atomic mass is 32.2. The predicted molar refractivity (Wildman–Crippen MR) is 150 cm³/mol. The zero-order chi connectivity index (χ0) is 27.2. The molecule has 5 rings (SSSR count). The van der Waals surface area contributed by atoms with Crippen molar-refractivity contribution in [2.75, 3.05) is 12.9 Å². The first-order chi connectivity index (χ1) is 17.0. The lowest BCUT2D eigenvalue weighted by molar-refractivity contribution is -0.248. The molecule has 0 saturated heterocycles. The first kappa shape index (κ1) is 28.1. The van der Waals surface area contributed by atoms with Crippen LogP contribution in [-0.2, 0) is 14.3 Å². The smallest absolute Gasteiger partial charge is 0.264 e. The van der Waals surface area contributed by atoms with Gasteiger partial charge in [-0.15, -0.1) is 0 Å². The summed E-state index contributed by atoms with van der Waals surface area (Å²) in [5.74, 6) is 3.08. The van der Waals surface area contributed by atoms with Gasteiger partial charge in [0.25, 0.3) is 10.1 Å². The molecule has 0 aliphatic heterocycles. The van der Waals surface area contributed by atoms with Gasteiger partial charge in [0.15, 0.2) is 0 Å². The standard InChI is InChI=1S/C32H54O4S/c1-21(2)22-11-16-32(19-20-36-37(8,34)35)18-17-30(6)23(27(22)32)9-10-25-29(5)14-13-26(33)28(3,4)24(29)12-15-31(25,30)7/h22-27,33H,1,9-20H2,2-8H3/t22-,23+,24-,25+,26-,27+,29-,30+,31+,32+/m0/s1. The molecule has 0 spiro atoms. The summed E-state index contributed by atoms with van der Waals surface area (Å²) in [7, 11) is -3.41. The van der Waals surface area contributed by atoms with Gasteiger partial charge in [0, 0.05) is 0 Å². The second kappa shape index (κ2) is 8.80. The van der Waals surface area contributed by atoms with Gasteiger partial charge < -0.3 is 5.11 Å². The average Bonchev–Trinajstić information content (AvgIpc) is 3.16. The summed E-state index contributed by atoms with van der Waals surface area (Å²) < 4.78 is 28.9. The van der Waals surface area contributed by atoms with Crippen molar-refractivity contribution in [3.63, 3.8) is 0 Å². The maximum absolute atomic E-state index is 11.8. The molecule has 5 saturated carbocycles. The van der Waals surface area contributed by atoms with Crippen LogP contribution in [0.5, 0.6) is 0 Å². The van der Waals surface area contributed by atoms with E-state index in [9.17, 15) is 13.5 Å². The Labute approximate surface area is 227 Å². The molecule has 4 nitrogen and oxygen atoms in total. The molecular formula is C32H54O4S. The van der Waals surface area contributed by atoms with Gasteiger partial charge in [-0.1, -0.05) is 46.8 Å². The Hall–Kier alpha value is -0.390. The molecule has 5 aliphatic carbocycles. The van der Waals surface area contributed by atoms with E-state index in [-0.39, 0.29) is 22.3 Å². The van der Waals surface area contributed by atoms with Crippen LogP contribution >= 0.6 is 0 Å². The summed E-state index contributed by atoms with van der Waals surface area (Å²) >= 11 is 0. The Kier molecular flexibility index (Phi) is 6.70. The fourth-order valence-corrected chi connectivity index (χ4v) is 12.5. The molecule has 0 radical (unpaired) electrons. The van der Waals surface area contributed by atoms with Crippen LogP contribution in [0.25, 0.3) is 0 Å². The van der Waals surface area contributed by atoms with Crippen LogP contribution in [0.2, 0.25) is 0 Å². The van der Waals surface area contributed by atoms with Crippen LogP contribution in [0.3, 0.4) is 0 Å². The third kappa shape index (κ3) is 3.97. The normalized spacial score (nSPS) is 50.9. The van der Waals surface area contributed by atoms with Gasteiger partial charge in [-0.2, -0.15) is 8.42 Å². The van der Waals surface area contributed by atoms with Gasteiger partial charge in [0.05, 0.1) is 19.0 Å². The van der Waals surface area contributed by atoms with E-state index >= 15 is 0 Å². The minimum atomic E-state index is -3.41. The fourth-order valence-electron chi connectivity index (χ4n) is 12.1. The molecule has 37 heavy (non-hydrogen) atoms. The lowest BCUT2D eigenvalue weighted by Gasteiger charge is -2.73. The molecule has 0 amide bonds. The van der Waals surface area contributed by atoms with Crippen molar-refractivity contribution in [2.45, 2.75) is 118 Å². The largest absolute Gasteiger partial charge is 0.393 e. The van der Waals surface area contributed by atoms with E-state index in [0.717, 1.165) is 19.3 Å². The van der Waals surface area contributed by atoms with Crippen LogP contribution in [-0.4, -0.2) is 32.5 Å². The quantitative estimate of drug-likeness (QED) is 0.295. The number of rotatable bonds is 5. The zero-order valence-corrected chi connectivity index (χ0v) is 25.6. The summed E-state index contributed by atoms with van der Waals surface area (Å²) in [5, 5.41) is 11.0. The highest BCUT2D eigenvalue weighted by Crippen LogP contribution is 2.77. The second-order valence-corrected chi connectivity index (χ2v) is 17.3. The predicted octanol–water partition coefficient (Wildman–Crippen LogP) is 7.37. The van der Waals surface area contributed by atoms with Gasteiger partial charge in [-0.05, 0) is 134 Å². The van der Waals surface area contributed by atoms with Crippen LogP contribution in [0.4, 0.5) is 0 Å². The average molecular weight is 535 g/mol. The molecule has 0 aromatic heterocycles. The van der Waals surface area contributed by atoms with Crippen molar-refractivity contribution in [1.29, 1.82) is 0 Å². The maximum atomic E-state index is 11.8. The van der Waals surface area contributed by atoms with E-state index in [2.05, 4.69) is 48.1 Å². The minimum Gasteiger partial charge on any atom is -0.393 e. The van der Waals surface area contributed by atoms with E-state index in [1.807, 2.05) is 0 Å². The fraction of sp³-hybridized carbons (Fsp3) is 0.938. The number of hydrogen-bond acceptors (Lipinski definition) is 4. The molecule has 0 bridgehead atoms. The second-order valence-electron chi connectivity index (χ2n) is 15.7. The Morgan fingerprint density at radius 3 is 2.24 bits per heavy atom. The van der Waals surface area contributed by atoms with Gasteiger partial charge in [0.2, 0.25) is 0 Å². The lowest BCUT2D eigenvalue weighted by Crippen LogP contribution is -2.66. The first-order valence-electron chi connectivity index (χ1n) is 15.2. The Morgan fingerprint density at radius 1 is 0.892 bits per heavy atom. The highest BCUT2D eigenvalue weighted by Gasteiger charge is 2.70. The first-order valence-corrected chi connectivity index (χ1v) is 17.0. The third-order valence-electron chi connectivity index (χ3n) is 14.1. The van der Waals surface area contributed by atoms with Crippen molar-refractivity contribution in [1.82, 2.24) is 0 Å². The Morgan fingerprint density at radius 2 is 1.59 bits per heavy atom. The summed E-state index contributed by atoms with van der Waals surface area (Å²) in [6.45, 7) is 19.6. The molecule has 0 aromatic rings. The van der Waals surface area contributed by atoms with Crippen molar-refractivity contribution >= 4 is 10.1 Å². The van der Waals surface area contributed by atoms with Crippen molar-refractivity contribution < 1.29 is 17.7 Å². The molecule has 5 heteroatoms. The van der Waals surface area contributed by atoms with E-state index in [1.165, 1.54) is 63.2 Å². The Bertz CT molecular complexity index is 1030. The van der Waals surface area contributed by atoms with E-state index < -0.39 is 10.1 Å². The monoisotopic (exact) mass is 534 g/mol. The molecule has 1 N–H and O–H groups in total. The highest BCUT2D eigenvalue weighted by molar-refractivity contribution is 7.85. The van der Waals surface area contributed by atoms with Crippen LogP contribution in [0, 0.1) is 56.7 Å². The van der Waals surface area contributed by atoms with E-state index in [4.69, 9.17) is 4.18 Å². The summed E-state index contributed by atoms with van der Waals surface area (Å²) in [6.07, 6.45) is 13.8. The van der Waals surface area contributed by atoms with Crippen LogP contribution in [0.15, 0.2) is 12.2 Å².